The maximum Gasteiger partial charge on any atom is 0.422 e. The van der Waals surface area contributed by atoms with Crippen LogP contribution in [0.1, 0.15) is 6.42 Å². The topological polar surface area (TPSA) is 120 Å². The Morgan fingerprint density at radius 1 is 1.37 bits per heavy atom. The first-order valence-corrected chi connectivity index (χ1v) is 8.80. The lowest BCUT2D eigenvalue weighted by atomic mass is 10.2. The van der Waals surface area contributed by atoms with Gasteiger partial charge in [-0.15, -0.1) is 0 Å². The maximum absolute atomic E-state index is 12.6. The molecule has 160 valence electrons. The monoisotopic (exact) mass is 425 g/mol. The summed E-state index contributed by atoms with van der Waals surface area (Å²) in [7, 11) is 0. The van der Waals surface area contributed by atoms with Gasteiger partial charge in [0.05, 0.1) is 12.1 Å². The Morgan fingerprint density at radius 2 is 2.13 bits per heavy atom. The van der Waals surface area contributed by atoms with Crippen molar-refractivity contribution in [2.24, 2.45) is 5.73 Å². The van der Waals surface area contributed by atoms with Crippen molar-refractivity contribution >= 4 is 34.4 Å². The quantitative estimate of drug-likeness (QED) is 0.682. The molecule has 2 aromatic rings. The summed E-state index contributed by atoms with van der Waals surface area (Å²) in [4.78, 5) is 32.4. The number of nitrogens with one attached hydrogen (secondary N) is 1. The highest BCUT2D eigenvalue weighted by atomic mass is 19.4. The van der Waals surface area contributed by atoms with Crippen molar-refractivity contribution in [2.45, 2.75) is 18.7 Å². The Balaban J connectivity index is 1.97. The highest BCUT2D eigenvalue weighted by molar-refractivity contribution is 6.01. The summed E-state index contributed by atoms with van der Waals surface area (Å²) in [5.74, 6) is -0.141. The van der Waals surface area contributed by atoms with E-state index in [-0.39, 0.29) is 12.1 Å². The minimum Gasteiger partial charge on any atom is -0.454 e. The average molecular weight is 425 g/mol. The Kier molecular flexibility index (Phi) is 5.94. The van der Waals surface area contributed by atoms with Crippen molar-refractivity contribution in [2.75, 3.05) is 29.9 Å². The van der Waals surface area contributed by atoms with E-state index in [0.717, 1.165) is 6.08 Å². The molecule has 1 fully saturated rings. The highest BCUT2D eigenvalue weighted by Gasteiger charge is 2.31. The lowest BCUT2D eigenvalue weighted by molar-refractivity contribution is -0.154. The molecular formula is C18H18F3N5O4. The zero-order valence-corrected chi connectivity index (χ0v) is 15.6. The minimum atomic E-state index is -4.56. The van der Waals surface area contributed by atoms with Gasteiger partial charge >= 0.3 is 18.3 Å². The number of fused-ring (bicyclic) bond motifs is 1. The molecule has 2 heterocycles. The smallest absolute Gasteiger partial charge is 0.422 e. The van der Waals surface area contributed by atoms with E-state index >= 15 is 0 Å². The van der Waals surface area contributed by atoms with E-state index in [1.807, 2.05) is 0 Å². The van der Waals surface area contributed by atoms with Gasteiger partial charge in [0.25, 0.3) is 0 Å². The van der Waals surface area contributed by atoms with Gasteiger partial charge in [-0.1, -0.05) is 6.58 Å². The number of hydrogen-bond donors (Lipinski definition) is 2. The summed E-state index contributed by atoms with van der Waals surface area (Å²) in [5, 5.41) is 3.07. The summed E-state index contributed by atoms with van der Waals surface area (Å²) in [6.45, 7) is 2.48. The Morgan fingerprint density at radius 3 is 2.80 bits per heavy atom. The summed E-state index contributed by atoms with van der Waals surface area (Å²) >= 11 is 0. The van der Waals surface area contributed by atoms with Crippen LogP contribution >= 0.6 is 0 Å². The normalized spacial score (nSPS) is 16.4. The zero-order chi connectivity index (χ0) is 21.9. The summed E-state index contributed by atoms with van der Waals surface area (Å²) in [6.07, 6.45) is -4.40. The number of primary amides is 1. The van der Waals surface area contributed by atoms with Crippen molar-refractivity contribution in [3.63, 3.8) is 0 Å². The van der Waals surface area contributed by atoms with Crippen molar-refractivity contribution in [3.8, 4) is 6.01 Å². The molecule has 0 aliphatic carbocycles. The fourth-order valence-corrected chi connectivity index (χ4v) is 3.00. The molecule has 1 aliphatic rings. The SMILES string of the molecule is C=CC(=O)Nc1ccc2c(N3CCC(OC(N)=O)C3)nc(OCC(F)(F)F)nc2c1. The van der Waals surface area contributed by atoms with Gasteiger partial charge in [-0.05, 0) is 24.3 Å². The van der Waals surface area contributed by atoms with E-state index in [4.69, 9.17) is 15.2 Å². The molecule has 3 N–H and O–H groups in total. The molecule has 3 rings (SSSR count). The average Bonchev–Trinajstić information content (AvgIpc) is 3.12. The molecule has 1 atom stereocenters. The number of rotatable bonds is 6. The number of carbonyl (C=O) groups excluding carboxylic acids is 2. The summed E-state index contributed by atoms with van der Waals surface area (Å²) in [6, 6.07) is 4.23. The highest BCUT2D eigenvalue weighted by Crippen LogP contribution is 2.31. The van der Waals surface area contributed by atoms with Gasteiger partial charge in [-0.2, -0.15) is 23.1 Å². The second-order valence-corrected chi connectivity index (χ2v) is 6.45. The molecule has 1 saturated heterocycles. The van der Waals surface area contributed by atoms with Crippen LogP contribution in [0.25, 0.3) is 10.9 Å². The van der Waals surface area contributed by atoms with E-state index in [1.54, 1.807) is 17.0 Å². The van der Waals surface area contributed by atoms with E-state index in [2.05, 4.69) is 21.9 Å². The van der Waals surface area contributed by atoms with Crippen molar-refractivity contribution in [1.29, 1.82) is 0 Å². The van der Waals surface area contributed by atoms with Crippen LogP contribution in [0.5, 0.6) is 6.01 Å². The summed E-state index contributed by atoms with van der Waals surface area (Å²) in [5.41, 5.74) is 5.68. The molecule has 0 spiro atoms. The second-order valence-electron chi connectivity index (χ2n) is 6.45. The molecule has 1 unspecified atom stereocenters. The molecule has 1 aromatic carbocycles. The molecule has 2 amide bonds. The van der Waals surface area contributed by atoms with Gasteiger partial charge in [0, 0.05) is 24.0 Å². The van der Waals surface area contributed by atoms with Crippen molar-refractivity contribution in [1.82, 2.24) is 9.97 Å². The molecule has 0 radical (unpaired) electrons. The number of nitrogens with two attached hydrogens (primary N) is 1. The zero-order valence-electron chi connectivity index (χ0n) is 15.6. The largest absolute Gasteiger partial charge is 0.454 e. The van der Waals surface area contributed by atoms with Crippen LogP contribution in [0, 0.1) is 0 Å². The molecule has 12 heteroatoms. The third-order valence-electron chi connectivity index (χ3n) is 4.20. The fraction of sp³-hybridized carbons (Fsp3) is 0.333. The van der Waals surface area contributed by atoms with Crippen LogP contribution < -0.4 is 20.7 Å². The number of ether oxygens (including phenoxy) is 2. The van der Waals surface area contributed by atoms with Crippen LogP contribution in [0.3, 0.4) is 0 Å². The lowest BCUT2D eigenvalue weighted by Gasteiger charge is -2.20. The van der Waals surface area contributed by atoms with E-state index in [9.17, 15) is 22.8 Å². The van der Waals surface area contributed by atoms with E-state index in [0.29, 0.717) is 29.9 Å². The number of halogens is 3. The Hall–Kier alpha value is -3.57. The third-order valence-corrected chi connectivity index (χ3v) is 4.20. The molecule has 0 bridgehead atoms. The molecule has 1 aromatic heterocycles. The molecular weight excluding hydrogens is 407 g/mol. The molecule has 0 saturated carbocycles. The molecule has 30 heavy (non-hydrogen) atoms. The first kappa shape index (κ1) is 21.1. The van der Waals surface area contributed by atoms with Gasteiger partial charge in [0.2, 0.25) is 5.91 Å². The van der Waals surface area contributed by atoms with Gasteiger partial charge in [0.15, 0.2) is 6.61 Å². The van der Waals surface area contributed by atoms with Crippen LogP contribution in [0.4, 0.5) is 29.5 Å². The minimum absolute atomic E-state index is 0.253. The number of amides is 2. The van der Waals surface area contributed by atoms with Crippen LogP contribution in [0.15, 0.2) is 30.9 Å². The van der Waals surface area contributed by atoms with Gasteiger partial charge < -0.3 is 25.4 Å². The molecule has 1 aliphatic heterocycles. The Bertz CT molecular complexity index is 982. The predicted molar refractivity (Wildman–Crippen MR) is 101 cm³/mol. The first-order valence-electron chi connectivity index (χ1n) is 8.80. The van der Waals surface area contributed by atoms with Crippen molar-refractivity contribution in [3.05, 3.63) is 30.9 Å². The lowest BCUT2D eigenvalue weighted by Crippen LogP contribution is -2.28. The van der Waals surface area contributed by atoms with Gasteiger partial charge in [-0.25, -0.2) is 4.79 Å². The number of anilines is 2. The number of hydrogen-bond acceptors (Lipinski definition) is 7. The van der Waals surface area contributed by atoms with E-state index < -0.39 is 36.9 Å². The van der Waals surface area contributed by atoms with Gasteiger partial charge in [-0.3, -0.25) is 4.79 Å². The maximum atomic E-state index is 12.6. The summed E-state index contributed by atoms with van der Waals surface area (Å²) < 4.78 is 47.4. The van der Waals surface area contributed by atoms with Gasteiger partial charge in [0.1, 0.15) is 11.9 Å². The number of nitrogens with zero attached hydrogens (tertiary/aromatic N) is 3. The number of aromatic nitrogens is 2. The first-order chi connectivity index (χ1) is 14.1. The molecule has 9 nitrogen and oxygen atoms in total. The van der Waals surface area contributed by atoms with Crippen LogP contribution in [0.2, 0.25) is 0 Å². The Labute approximate surface area is 168 Å². The van der Waals surface area contributed by atoms with Crippen LogP contribution in [-0.2, 0) is 9.53 Å². The standard InChI is InChI=1S/C18H18F3N5O4/c1-2-14(27)23-10-3-4-12-13(7-10)24-17(29-9-18(19,20)21)25-15(12)26-6-5-11(8-26)30-16(22)28/h2-4,7,11H,1,5-6,8-9H2,(H2,22,28)(H,23,27). The third kappa shape index (κ3) is 5.27. The fourth-order valence-electron chi connectivity index (χ4n) is 3.00. The van der Waals surface area contributed by atoms with Crippen molar-refractivity contribution < 1.29 is 32.2 Å². The second kappa shape index (κ2) is 8.43. The number of carbonyl (C=O) groups is 2. The number of alkyl halides is 3. The number of benzene rings is 1. The van der Waals surface area contributed by atoms with Crippen LogP contribution in [-0.4, -0.2) is 53.9 Å². The van der Waals surface area contributed by atoms with E-state index in [1.165, 1.54) is 6.07 Å². The predicted octanol–water partition coefficient (Wildman–Crippen LogP) is 2.37.